The van der Waals surface area contributed by atoms with Gasteiger partial charge in [-0.1, -0.05) is 0 Å². The molecule has 0 aromatic heterocycles. The molecule has 0 heterocycles. The Balaban J connectivity index is 0. The molecule has 0 aromatic carbocycles. The number of halogens is 2. The summed E-state index contributed by atoms with van der Waals surface area (Å²) in [6.07, 6.45) is 7.54. The van der Waals surface area contributed by atoms with E-state index >= 15 is 0 Å². The zero-order valence-corrected chi connectivity index (χ0v) is 13.5. The SMILES string of the molecule is Cl.Cl.[CH3][Ti](=[O])(=[SiH2])([CH2]CCO)[C]1=CC=CC1. The average Bonchev–Trinajstić information content (AvgIpc) is 2.53. The number of allylic oxidation sites excluding steroid dienone is 4. The van der Waals surface area contributed by atoms with Gasteiger partial charge in [0.05, 0.1) is 0 Å². The zero-order chi connectivity index (χ0) is 9.97. The molecule has 0 unspecified atom stereocenters. The molecule has 0 saturated heterocycles. The van der Waals surface area contributed by atoms with E-state index in [1.807, 2.05) is 23.5 Å². The molecule has 1 aliphatic rings. The van der Waals surface area contributed by atoms with Gasteiger partial charge in [-0.2, -0.15) is 0 Å². The molecule has 1 aliphatic carbocycles. The maximum absolute atomic E-state index is 12.6. The summed E-state index contributed by atoms with van der Waals surface area (Å²) in [4.78, 5) is 0. The predicted molar refractivity (Wildman–Crippen MR) is 67.9 cm³/mol. The van der Waals surface area contributed by atoms with E-state index in [-0.39, 0.29) is 31.4 Å². The second kappa shape index (κ2) is 6.48. The Hall–Kier alpha value is 0.751. The average molecular weight is 306 g/mol. The number of aliphatic hydroxyl groups is 1. The van der Waals surface area contributed by atoms with E-state index in [4.69, 9.17) is 5.11 Å². The quantitative estimate of drug-likeness (QED) is 0.808. The van der Waals surface area contributed by atoms with Crippen LogP contribution >= 0.6 is 24.8 Å². The van der Waals surface area contributed by atoms with Gasteiger partial charge in [0.25, 0.3) is 0 Å². The number of aliphatic hydroxyl groups excluding tert-OH is 1. The van der Waals surface area contributed by atoms with Gasteiger partial charge in [-0.15, -0.1) is 24.8 Å². The van der Waals surface area contributed by atoms with E-state index in [9.17, 15) is 3.32 Å². The first-order valence-corrected chi connectivity index (χ1v) is 12.8. The molecular weight excluding hydrogens is 287 g/mol. The molecule has 0 radical (unpaired) electrons. The van der Waals surface area contributed by atoms with Crippen LogP contribution in [-0.2, 0) is 17.3 Å². The Morgan fingerprint density at radius 3 is 2.53 bits per heavy atom. The van der Waals surface area contributed by atoms with Gasteiger partial charge >= 0.3 is 81.6 Å². The normalized spacial score (nSPS) is 15.3. The van der Waals surface area contributed by atoms with Crippen molar-refractivity contribution in [1.82, 2.24) is 0 Å². The Morgan fingerprint density at radius 2 is 2.13 bits per heavy atom. The standard InChI is InChI=1S/C5H5.C3H7O.CH3.2ClH.O.H2Si.Ti/c1-2-4-5-3-1;1-2-3-4;;;;;;/h1-3H,4H2;4H,1-3H2;1H3;2*1H;;1H2;. The fraction of sp³-hybridized carbons (Fsp3) is 0.556. The first-order valence-electron chi connectivity index (χ1n) is 4.69. The summed E-state index contributed by atoms with van der Waals surface area (Å²) in [5.41, 5.74) is 0. The second-order valence-electron chi connectivity index (χ2n) is 4.31. The van der Waals surface area contributed by atoms with Gasteiger partial charge < -0.3 is 0 Å². The van der Waals surface area contributed by atoms with Gasteiger partial charge in [0.1, 0.15) is 0 Å². The molecule has 0 fully saturated rings. The number of rotatable bonds is 4. The molecule has 6 heteroatoms. The van der Waals surface area contributed by atoms with E-state index < -0.39 is 14.0 Å². The molecular formula is C9H19Cl2O2SiTi. The molecule has 0 atom stereocenters. The van der Waals surface area contributed by atoms with Crippen LogP contribution in [0.2, 0.25) is 9.95 Å². The van der Waals surface area contributed by atoms with Gasteiger partial charge in [0.2, 0.25) is 0 Å². The van der Waals surface area contributed by atoms with Crippen LogP contribution in [0.1, 0.15) is 12.8 Å². The molecule has 1 rings (SSSR count). The second-order valence-corrected chi connectivity index (χ2v) is 20.4. The number of hydrogen-bond acceptors (Lipinski definition) is 2. The van der Waals surface area contributed by atoms with Crippen LogP contribution in [0.15, 0.2) is 22.1 Å². The third kappa shape index (κ3) is 5.07. The molecule has 2 nitrogen and oxygen atoms in total. The van der Waals surface area contributed by atoms with Crippen LogP contribution in [-0.4, -0.2) is 19.3 Å². The van der Waals surface area contributed by atoms with Gasteiger partial charge in [0, 0.05) is 0 Å². The maximum atomic E-state index is 12.6. The van der Waals surface area contributed by atoms with Crippen molar-refractivity contribution in [3.05, 3.63) is 22.1 Å². The van der Waals surface area contributed by atoms with Crippen molar-refractivity contribution >= 4 is 32.4 Å². The van der Waals surface area contributed by atoms with E-state index in [0.717, 1.165) is 10.3 Å². The van der Waals surface area contributed by atoms with Gasteiger partial charge in [-0.05, 0) is 0 Å². The van der Waals surface area contributed by atoms with E-state index in [0.29, 0.717) is 11.1 Å². The molecule has 89 valence electrons. The van der Waals surface area contributed by atoms with Gasteiger partial charge in [-0.25, -0.2) is 0 Å². The Bertz CT molecular complexity index is 381. The summed E-state index contributed by atoms with van der Waals surface area (Å²) >= 11 is -3.53. The van der Waals surface area contributed by atoms with Crippen LogP contribution in [0.3, 0.4) is 0 Å². The fourth-order valence-electron chi connectivity index (χ4n) is 1.67. The van der Waals surface area contributed by atoms with E-state index in [1.165, 1.54) is 0 Å². The van der Waals surface area contributed by atoms with E-state index in [2.05, 4.69) is 0 Å². The molecule has 0 aromatic rings. The first-order chi connectivity index (χ1) is 5.94. The predicted octanol–water partition coefficient (Wildman–Crippen LogP) is 2.11. The molecule has 15 heavy (non-hydrogen) atoms. The molecule has 0 aliphatic heterocycles. The summed E-state index contributed by atoms with van der Waals surface area (Å²) in [7, 11) is 1.68. The van der Waals surface area contributed by atoms with Crippen molar-refractivity contribution < 1.29 is 22.4 Å². The minimum absolute atomic E-state index is 0. The Kier molecular flexibility index (Phi) is 7.83. The van der Waals surface area contributed by atoms with Crippen LogP contribution in [0.25, 0.3) is 0 Å². The Morgan fingerprint density at radius 1 is 1.53 bits per heavy atom. The van der Waals surface area contributed by atoms with Crippen LogP contribution < -0.4 is 0 Å². The summed E-state index contributed by atoms with van der Waals surface area (Å²) in [6, 6.07) is 0. The van der Waals surface area contributed by atoms with Crippen molar-refractivity contribution in [2.75, 3.05) is 6.61 Å². The third-order valence-corrected chi connectivity index (χ3v) is 12.0. The molecule has 0 bridgehead atoms. The van der Waals surface area contributed by atoms with Crippen molar-refractivity contribution in [2.45, 2.75) is 22.8 Å². The molecule has 1 N–H and O–H groups in total. The summed E-state index contributed by atoms with van der Waals surface area (Å²) < 4.78 is 14.4. The van der Waals surface area contributed by atoms with Gasteiger partial charge in [0.15, 0.2) is 0 Å². The Labute approximate surface area is 106 Å². The summed E-state index contributed by atoms with van der Waals surface area (Å²) in [5, 5.41) is 10.7. The molecule has 0 spiro atoms. The topological polar surface area (TPSA) is 37.3 Å². The van der Waals surface area contributed by atoms with Crippen molar-refractivity contribution in [3.8, 4) is 0 Å². The van der Waals surface area contributed by atoms with Gasteiger partial charge in [-0.3, -0.25) is 0 Å². The van der Waals surface area contributed by atoms with Crippen LogP contribution in [0.4, 0.5) is 0 Å². The minimum atomic E-state index is -3.53. The monoisotopic (exact) mass is 305 g/mol. The molecule has 0 amide bonds. The van der Waals surface area contributed by atoms with Crippen molar-refractivity contribution in [2.24, 2.45) is 0 Å². The van der Waals surface area contributed by atoms with Crippen LogP contribution in [0, 0.1) is 0 Å². The third-order valence-electron chi connectivity index (χ3n) is 2.67. The molecule has 0 saturated carbocycles. The fourth-order valence-corrected chi connectivity index (χ4v) is 7.95. The van der Waals surface area contributed by atoms with Crippen molar-refractivity contribution in [1.29, 1.82) is 0 Å². The van der Waals surface area contributed by atoms with Crippen LogP contribution in [0.5, 0.6) is 0 Å². The summed E-state index contributed by atoms with van der Waals surface area (Å²) in [6.45, 7) is 0.147. The van der Waals surface area contributed by atoms with E-state index in [1.54, 1.807) is 7.63 Å². The summed E-state index contributed by atoms with van der Waals surface area (Å²) in [5.74, 6) is 0. The van der Waals surface area contributed by atoms with Crippen molar-refractivity contribution in [3.63, 3.8) is 0 Å². The zero-order valence-electron chi connectivity index (χ0n) is 8.94. The number of hydrogen-bond donors (Lipinski definition) is 1. The first kappa shape index (κ1) is 18.1.